The second-order valence-electron chi connectivity index (χ2n) is 3.99. The SMILES string of the molecule is Cc1cc(COc2c(Cl)cccc2CCN)on1. The molecule has 1 aromatic heterocycles. The molecule has 0 atom stereocenters. The van der Waals surface area contributed by atoms with Gasteiger partial charge in [-0.25, -0.2) is 0 Å². The third-order valence-corrected chi connectivity index (χ3v) is 2.80. The Kier molecular flexibility index (Phi) is 4.23. The number of benzene rings is 1. The van der Waals surface area contributed by atoms with E-state index in [0.717, 1.165) is 17.7 Å². The molecule has 2 aromatic rings. The zero-order chi connectivity index (χ0) is 13.0. The maximum absolute atomic E-state index is 6.12. The summed E-state index contributed by atoms with van der Waals surface area (Å²) < 4.78 is 10.8. The van der Waals surface area contributed by atoms with E-state index >= 15 is 0 Å². The van der Waals surface area contributed by atoms with Gasteiger partial charge in [0.05, 0.1) is 10.7 Å². The van der Waals surface area contributed by atoms with Gasteiger partial charge in [-0.15, -0.1) is 0 Å². The molecule has 0 saturated carbocycles. The van der Waals surface area contributed by atoms with Gasteiger partial charge in [0, 0.05) is 6.07 Å². The van der Waals surface area contributed by atoms with Crippen LogP contribution in [0.4, 0.5) is 0 Å². The number of aromatic nitrogens is 1. The molecular formula is C13H15ClN2O2. The normalized spacial score (nSPS) is 10.6. The highest BCUT2D eigenvalue weighted by atomic mass is 35.5. The first kappa shape index (κ1) is 12.9. The average molecular weight is 267 g/mol. The second-order valence-corrected chi connectivity index (χ2v) is 4.40. The first-order chi connectivity index (χ1) is 8.70. The van der Waals surface area contributed by atoms with Crippen molar-refractivity contribution in [3.05, 3.63) is 46.3 Å². The van der Waals surface area contributed by atoms with E-state index < -0.39 is 0 Å². The first-order valence-corrected chi connectivity index (χ1v) is 6.11. The van der Waals surface area contributed by atoms with Crippen LogP contribution in [0.15, 0.2) is 28.8 Å². The van der Waals surface area contributed by atoms with Gasteiger partial charge in [0.25, 0.3) is 0 Å². The predicted octanol–water partition coefficient (Wildman–Crippen LogP) is 2.72. The maximum atomic E-state index is 6.12. The average Bonchev–Trinajstić information content (AvgIpc) is 2.75. The van der Waals surface area contributed by atoms with Crippen LogP contribution in [-0.2, 0) is 13.0 Å². The highest BCUT2D eigenvalue weighted by Crippen LogP contribution is 2.29. The Morgan fingerprint density at radius 3 is 2.94 bits per heavy atom. The number of hydrogen-bond donors (Lipinski definition) is 1. The van der Waals surface area contributed by atoms with Crippen molar-refractivity contribution >= 4 is 11.6 Å². The molecule has 5 heteroatoms. The van der Waals surface area contributed by atoms with Crippen molar-refractivity contribution in [3.8, 4) is 5.75 Å². The fourth-order valence-electron chi connectivity index (χ4n) is 1.70. The van der Waals surface area contributed by atoms with E-state index in [1.54, 1.807) is 6.07 Å². The lowest BCUT2D eigenvalue weighted by Crippen LogP contribution is -2.05. The summed E-state index contributed by atoms with van der Waals surface area (Å²) in [5.41, 5.74) is 7.39. The molecule has 0 bridgehead atoms. The number of halogens is 1. The van der Waals surface area contributed by atoms with Crippen LogP contribution in [0.1, 0.15) is 17.0 Å². The number of nitrogens with two attached hydrogens (primary N) is 1. The Hall–Kier alpha value is -1.52. The molecule has 0 aliphatic carbocycles. The Balaban J connectivity index is 2.12. The lowest BCUT2D eigenvalue weighted by atomic mass is 10.1. The molecule has 0 aliphatic rings. The molecule has 96 valence electrons. The summed E-state index contributed by atoms with van der Waals surface area (Å²) >= 11 is 6.12. The van der Waals surface area contributed by atoms with Crippen LogP contribution in [0.25, 0.3) is 0 Å². The Bertz CT molecular complexity index is 525. The van der Waals surface area contributed by atoms with Gasteiger partial charge in [-0.3, -0.25) is 0 Å². The lowest BCUT2D eigenvalue weighted by molar-refractivity contribution is 0.247. The van der Waals surface area contributed by atoms with Crippen LogP contribution >= 0.6 is 11.6 Å². The van der Waals surface area contributed by atoms with Crippen LogP contribution < -0.4 is 10.5 Å². The summed E-state index contributed by atoms with van der Waals surface area (Å²) in [6.45, 7) is 2.72. The number of nitrogens with zero attached hydrogens (tertiary/aromatic N) is 1. The van der Waals surface area contributed by atoms with Crippen molar-refractivity contribution in [2.75, 3.05) is 6.54 Å². The van der Waals surface area contributed by atoms with Gasteiger partial charge in [-0.05, 0) is 31.5 Å². The smallest absolute Gasteiger partial charge is 0.174 e. The highest BCUT2D eigenvalue weighted by molar-refractivity contribution is 6.32. The maximum Gasteiger partial charge on any atom is 0.174 e. The number of aryl methyl sites for hydroxylation is 1. The molecule has 2 rings (SSSR count). The van der Waals surface area contributed by atoms with Crippen molar-refractivity contribution < 1.29 is 9.26 Å². The highest BCUT2D eigenvalue weighted by Gasteiger charge is 2.09. The van der Waals surface area contributed by atoms with Gasteiger partial charge in [-0.2, -0.15) is 0 Å². The topological polar surface area (TPSA) is 61.3 Å². The fraction of sp³-hybridized carbons (Fsp3) is 0.308. The van der Waals surface area contributed by atoms with Crippen LogP contribution in [0, 0.1) is 6.92 Å². The largest absolute Gasteiger partial charge is 0.484 e. The van der Waals surface area contributed by atoms with Gasteiger partial charge < -0.3 is 15.0 Å². The molecular weight excluding hydrogens is 252 g/mol. The van der Waals surface area contributed by atoms with E-state index in [4.69, 9.17) is 26.6 Å². The van der Waals surface area contributed by atoms with Crippen LogP contribution in [0.2, 0.25) is 5.02 Å². The van der Waals surface area contributed by atoms with Crippen molar-refractivity contribution in [3.63, 3.8) is 0 Å². The molecule has 1 aromatic carbocycles. The molecule has 2 N–H and O–H groups in total. The minimum absolute atomic E-state index is 0.308. The Morgan fingerprint density at radius 1 is 1.44 bits per heavy atom. The predicted molar refractivity (Wildman–Crippen MR) is 69.8 cm³/mol. The van der Waals surface area contributed by atoms with E-state index in [-0.39, 0.29) is 0 Å². The van der Waals surface area contributed by atoms with Gasteiger partial charge >= 0.3 is 0 Å². The van der Waals surface area contributed by atoms with Crippen LogP contribution in [0.5, 0.6) is 5.75 Å². The summed E-state index contributed by atoms with van der Waals surface area (Å²) in [7, 11) is 0. The molecule has 4 nitrogen and oxygen atoms in total. The fourth-order valence-corrected chi connectivity index (χ4v) is 1.94. The van der Waals surface area contributed by atoms with E-state index in [0.29, 0.717) is 29.7 Å². The standard InChI is InChI=1S/C13H15ClN2O2/c1-9-7-11(18-16-9)8-17-13-10(5-6-15)3-2-4-12(13)14/h2-4,7H,5-6,8,15H2,1H3. The summed E-state index contributed by atoms with van der Waals surface area (Å²) in [5.74, 6) is 1.34. The molecule has 0 amide bonds. The van der Waals surface area contributed by atoms with Crippen molar-refractivity contribution in [1.29, 1.82) is 0 Å². The van der Waals surface area contributed by atoms with E-state index in [1.165, 1.54) is 0 Å². The van der Waals surface area contributed by atoms with Gasteiger partial charge in [0.15, 0.2) is 5.76 Å². The van der Waals surface area contributed by atoms with Crippen molar-refractivity contribution in [1.82, 2.24) is 5.16 Å². The Labute approximate surface area is 111 Å². The number of ether oxygens (including phenoxy) is 1. The summed E-state index contributed by atoms with van der Waals surface area (Å²) in [6, 6.07) is 7.47. The molecule has 0 fully saturated rings. The third-order valence-electron chi connectivity index (χ3n) is 2.50. The Morgan fingerprint density at radius 2 is 2.28 bits per heavy atom. The van der Waals surface area contributed by atoms with E-state index in [1.807, 2.05) is 25.1 Å². The minimum atomic E-state index is 0.308. The van der Waals surface area contributed by atoms with Gasteiger partial charge in [0.1, 0.15) is 12.4 Å². The molecule has 18 heavy (non-hydrogen) atoms. The van der Waals surface area contributed by atoms with E-state index in [9.17, 15) is 0 Å². The van der Waals surface area contributed by atoms with Crippen LogP contribution in [0.3, 0.4) is 0 Å². The van der Waals surface area contributed by atoms with Crippen molar-refractivity contribution in [2.24, 2.45) is 5.73 Å². The monoisotopic (exact) mass is 266 g/mol. The lowest BCUT2D eigenvalue weighted by Gasteiger charge is -2.11. The zero-order valence-electron chi connectivity index (χ0n) is 10.1. The van der Waals surface area contributed by atoms with Gasteiger partial charge in [0.2, 0.25) is 0 Å². The number of rotatable bonds is 5. The molecule has 0 saturated heterocycles. The molecule has 0 radical (unpaired) electrons. The minimum Gasteiger partial charge on any atom is -0.484 e. The zero-order valence-corrected chi connectivity index (χ0v) is 10.9. The molecule has 0 spiro atoms. The summed E-state index contributed by atoms with van der Waals surface area (Å²) in [5, 5.41) is 4.38. The molecule has 1 heterocycles. The van der Waals surface area contributed by atoms with Gasteiger partial charge in [-0.1, -0.05) is 28.9 Å². The van der Waals surface area contributed by atoms with E-state index in [2.05, 4.69) is 5.16 Å². The third kappa shape index (κ3) is 3.03. The van der Waals surface area contributed by atoms with Crippen LogP contribution in [-0.4, -0.2) is 11.7 Å². The molecule has 0 unspecified atom stereocenters. The van der Waals surface area contributed by atoms with Crippen molar-refractivity contribution in [2.45, 2.75) is 20.0 Å². The number of para-hydroxylation sites is 1. The second kappa shape index (κ2) is 5.89. The summed E-state index contributed by atoms with van der Waals surface area (Å²) in [4.78, 5) is 0. The number of hydrogen-bond acceptors (Lipinski definition) is 4. The quantitative estimate of drug-likeness (QED) is 0.904. The summed E-state index contributed by atoms with van der Waals surface area (Å²) in [6.07, 6.45) is 0.728. The first-order valence-electron chi connectivity index (χ1n) is 5.73. The molecule has 0 aliphatic heterocycles.